The topological polar surface area (TPSA) is 62.1 Å². The van der Waals surface area contributed by atoms with E-state index in [0.29, 0.717) is 37.7 Å². The summed E-state index contributed by atoms with van der Waals surface area (Å²) >= 11 is 5.82. The van der Waals surface area contributed by atoms with Gasteiger partial charge in [0.2, 0.25) is 10.0 Å². The molecule has 0 saturated carbocycles. The van der Waals surface area contributed by atoms with Gasteiger partial charge in [-0.15, -0.1) is 0 Å². The Morgan fingerprint density at radius 2 is 1.79 bits per heavy atom. The molecule has 0 radical (unpaired) electrons. The highest BCUT2D eigenvalue weighted by molar-refractivity contribution is 7.89. The zero-order valence-electron chi connectivity index (χ0n) is 14.3. The summed E-state index contributed by atoms with van der Waals surface area (Å²) in [6.07, 6.45) is 0. The van der Waals surface area contributed by atoms with E-state index in [9.17, 15) is 13.2 Å². The molecule has 1 aliphatic rings. The van der Waals surface area contributed by atoms with Crippen molar-refractivity contribution < 1.29 is 18.1 Å². The van der Waals surface area contributed by atoms with Crippen LogP contribution in [0.2, 0.25) is 5.02 Å². The first-order chi connectivity index (χ1) is 11.2. The summed E-state index contributed by atoms with van der Waals surface area (Å²) in [4.78, 5) is 15.2. The molecule has 0 atom stereocenters. The molecule has 1 aromatic rings. The van der Waals surface area contributed by atoms with Crippen LogP contribution in [0.25, 0.3) is 0 Å². The van der Waals surface area contributed by atoms with Crippen molar-refractivity contribution in [2.45, 2.75) is 24.8 Å². The Morgan fingerprint density at radius 1 is 1.25 bits per heavy atom. The fraction of sp³-hybridized carbons (Fsp3) is 0.562. The molecular formula is C16H25ClN3O3S+. The Hall–Kier alpha value is -1.15. The molecule has 1 fully saturated rings. The first-order valence-electron chi connectivity index (χ1n) is 8.06. The summed E-state index contributed by atoms with van der Waals surface area (Å²) in [5.41, 5.74) is 0. The molecule has 24 heavy (non-hydrogen) atoms. The Morgan fingerprint density at radius 3 is 2.29 bits per heavy atom. The molecule has 1 saturated heterocycles. The highest BCUT2D eigenvalue weighted by Crippen LogP contribution is 2.18. The van der Waals surface area contributed by atoms with Crippen molar-refractivity contribution in [3.8, 4) is 0 Å². The van der Waals surface area contributed by atoms with Gasteiger partial charge in [-0.05, 0) is 38.1 Å². The first-order valence-corrected chi connectivity index (χ1v) is 9.88. The maximum absolute atomic E-state index is 12.6. The van der Waals surface area contributed by atoms with E-state index in [0.717, 1.165) is 4.90 Å². The SMILES string of the molecule is CC(C)N(C)C(=O)C[NH+]1CCN(S(=O)(=O)c2ccc(Cl)cc2)CC1. The highest BCUT2D eigenvalue weighted by Gasteiger charge is 2.31. The number of sulfonamides is 1. The maximum Gasteiger partial charge on any atom is 0.277 e. The molecule has 1 heterocycles. The van der Waals surface area contributed by atoms with E-state index in [1.807, 2.05) is 13.8 Å². The van der Waals surface area contributed by atoms with Crippen molar-refractivity contribution in [3.05, 3.63) is 29.3 Å². The van der Waals surface area contributed by atoms with Crippen LogP contribution in [0.4, 0.5) is 0 Å². The molecule has 0 aliphatic carbocycles. The van der Waals surface area contributed by atoms with Crippen molar-refractivity contribution >= 4 is 27.5 Å². The third-order valence-electron chi connectivity index (χ3n) is 4.45. The summed E-state index contributed by atoms with van der Waals surface area (Å²) in [6.45, 7) is 6.45. The van der Waals surface area contributed by atoms with Gasteiger partial charge in [0.1, 0.15) is 0 Å². The van der Waals surface area contributed by atoms with E-state index < -0.39 is 10.0 Å². The van der Waals surface area contributed by atoms with E-state index in [1.165, 1.54) is 16.4 Å². The minimum Gasteiger partial charge on any atom is -0.338 e. The number of benzene rings is 1. The lowest BCUT2D eigenvalue weighted by molar-refractivity contribution is -0.896. The lowest BCUT2D eigenvalue weighted by Crippen LogP contribution is -3.15. The van der Waals surface area contributed by atoms with Gasteiger partial charge in [0.15, 0.2) is 6.54 Å². The number of nitrogens with zero attached hydrogens (tertiary/aromatic N) is 2. The van der Waals surface area contributed by atoms with Gasteiger partial charge in [-0.1, -0.05) is 11.6 Å². The van der Waals surface area contributed by atoms with Gasteiger partial charge >= 0.3 is 0 Å². The zero-order chi connectivity index (χ0) is 17.9. The minimum absolute atomic E-state index is 0.0917. The van der Waals surface area contributed by atoms with Gasteiger partial charge in [0.05, 0.1) is 31.1 Å². The third kappa shape index (κ3) is 4.47. The number of hydrogen-bond acceptors (Lipinski definition) is 3. The summed E-state index contributed by atoms with van der Waals surface area (Å²) < 4.78 is 26.7. The molecule has 0 aromatic heterocycles. The van der Waals surface area contributed by atoms with Crippen LogP contribution in [0.3, 0.4) is 0 Å². The van der Waals surface area contributed by atoms with E-state index >= 15 is 0 Å². The van der Waals surface area contributed by atoms with E-state index in [-0.39, 0.29) is 16.8 Å². The van der Waals surface area contributed by atoms with Crippen molar-refractivity contribution in [3.63, 3.8) is 0 Å². The summed E-state index contributed by atoms with van der Waals surface area (Å²) in [5, 5.41) is 0.510. The van der Waals surface area contributed by atoms with Gasteiger partial charge < -0.3 is 9.80 Å². The number of likely N-dealkylation sites (N-methyl/N-ethyl adjacent to an activating group) is 1. The van der Waals surface area contributed by atoms with Gasteiger partial charge in [-0.2, -0.15) is 4.31 Å². The second-order valence-corrected chi connectivity index (χ2v) is 8.76. The number of halogens is 1. The van der Waals surface area contributed by atoms with E-state index in [4.69, 9.17) is 11.6 Å². The predicted octanol–water partition coefficient (Wildman–Crippen LogP) is 0.0960. The molecule has 1 amide bonds. The molecule has 1 aromatic carbocycles. The lowest BCUT2D eigenvalue weighted by Gasteiger charge is -2.32. The number of nitrogens with one attached hydrogen (secondary N) is 1. The van der Waals surface area contributed by atoms with Crippen molar-refractivity contribution in [2.75, 3.05) is 39.8 Å². The molecule has 1 aliphatic heterocycles. The number of carbonyl (C=O) groups excluding carboxylic acids is 1. The number of hydrogen-bond donors (Lipinski definition) is 1. The lowest BCUT2D eigenvalue weighted by atomic mass is 10.3. The van der Waals surface area contributed by atoms with Gasteiger partial charge in [-0.25, -0.2) is 8.42 Å². The predicted molar refractivity (Wildman–Crippen MR) is 93.7 cm³/mol. The number of amides is 1. The molecule has 0 spiro atoms. The molecule has 2 rings (SSSR count). The number of carbonyl (C=O) groups is 1. The fourth-order valence-corrected chi connectivity index (χ4v) is 4.17. The van der Waals surface area contributed by atoms with Crippen LogP contribution in [0.1, 0.15) is 13.8 Å². The Labute approximate surface area is 149 Å². The standard InChI is InChI=1S/C16H24ClN3O3S/c1-13(2)18(3)16(21)12-19-8-10-20(11-9-19)24(22,23)15-6-4-14(17)5-7-15/h4-7,13H,8-12H2,1-3H3/p+1. The second-order valence-electron chi connectivity index (χ2n) is 6.38. The third-order valence-corrected chi connectivity index (χ3v) is 6.61. The number of piperazine rings is 1. The van der Waals surface area contributed by atoms with Crippen LogP contribution in [0.15, 0.2) is 29.2 Å². The molecule has 6 nitrogen and oxygen atoms in total. The van der Waals surface area contributed by atoms with Crippen molar-refractivity contribution in [1.29, 1.82) is 0 Å². The van der Waals surface area contributed by atoms with Gasteiger partial charge in [0, 0.05) is 18.1 Å². The Balaban J connectivity index is 1.95. The van der Waals surface area contributed by atoms with E-state index in [1.54, 1.807) is 24.1 Å². The normalized spacial score (nSPS) is 17.2. The Bertz CT molecular complexity index is 668. The zero-order valence-corrected chi connectivity index (χ0v) is 15.9. The number of quaternary nitrogens is 1. The monoisotopic (exact) mass is 374 g/mol. The first kappa shape index (κ1) is 19.2. The van der Waals surface area contributed by atoms with Gasteiger partial charge in [0.25, 0.3) is 5.91 Å². The second kappa shape index (κ2) is 7.82. The quantitative estimate of drug-likeness (QED) is 0.795. The van der Waals surface area contributed by atoms with Crippen molar-refractivity contribution in [2.24, 2.45) is 0 Å². The summed E-state index contributed by atoms with van der Waals surface area (Å²) in [7, 11) is -1.70. The van der Waals surface area contributed by atoms with Crippen LogP contribution >= 0.6 is 11.6 Å². The van der Waals surface area contributed by atoms with Gasteiger partial charge in [-0.3, -0.25) is 4.79 Å². The van der Waals surface area contributed by atoms with Crippen LogP contribution in [-0.4, -0.2) is 69.3 Å². The van der Waals surface area contributed by atoms with Crippen LogP contribution < -0.4 is 4.90 Å². The average molecular weight is 375 g/mol. The highest BCUT2D eigenvalue weighted by atomic mass is 35.5. The summed E-state index contributed by atoms with van der Waals surface area (Å²) in [6, 6.07) is 6.38. The van der Waals surface area contributed by atoms with Crippen LogP contribution in [0.5, 0.6) is 0 Å². The molecular weight excluding hydrogens is 350 g/mol. The smallest absolute Gasteiger partial charge is 0.277 e. The van der Waals surface area contributed by atoms with E-state index in [2.05, 4.69) is 0 Å². The number of rotatable bonds is 5. The molecule has 0 unspecified atom stereocenters. The Kier molecular flexibility index (Phi) is 6.25. The largest absolute Gasteiger partial charge is 0.338 e. The molecule has 0 bridgehead atoms. The summed E-state index contributed by atoms with van der Waals surface area (Å²) in [5.74, 6) is 0.0917. The van der Waals surface area contributed by atoms with Crippen molar-refractivity contribution in [1.82, 2.24) is 9.21 Å². The minimum atomic E-state index is -3.49. The van der Waals surface area contributed by atoms with Crippen LogP contribution in [-0.2, 0) is 14.8 Å². The molecule has 1 N–H and O–H groups in total. The molecule has 134 valence electrons. The maximum atomic E-state index is 12.6. The average Bonchev–Trinajstić information content (AvgIpc) is 2.55. The fourth-order valence-electron chi connectivity index (χ4n) is 2.60. The van der Waals surface area contributed by atoms with Crippen LogP contribution in [0, 0.1) is 0 Å². The molecule has 8 heteroatoms.